The lowest BCUT2D eigenvalue weighted by Crippen LogP contribution is -2.29. The van der Waals surface area contributed by atoms with Gasteiger partial charge in [-0.05, 0) is 23.8 Å². The lowest BCUT2D eigenvalue weighted by atomic mass is 9.97. The molecule has 0 fully saturated rings. The number of methoxy groups -OCH3 is 2. The first-order valence-corrected chi connectivity index (χ1v) is 6.52. The lowest BCUT2D eigenvalue weighted by Gasteiger charge is -2.22. The minimum absolute atomic E-state index is 0.324. The van der Waals surface area contributed by atoms with Gasteiger partial charge >= 0.3 is 0 Å². The highest BCUT2D eigenvalue weighted by molar-refractivity contribution is 6.31. The fourth-order valence-electron chi connectivity index (χ4n) is 2.20. The molecule has 0 aliphatic carbocycles. The third kappa shape index (κ3) is 2.72. The van der Waals surface area contributed by atoms with Crippen molar-refractivity contribution in [1.82, 2.24) is 5.43 Å². The second kappa shape index (κ2) is 6.61. The second-order valence-electron chi connectivity index (χ2n) is 4.20. The summed E-state index contributed by atoms with van der Waals surface area (Å²) in [5.41, 5.74) is 4.45. The quantitative estimate of drug-likeness (QED) is 0.657. The molecule has 1 unspecified atom stereocenters. The van der Waals surface area contributed by atoms with Crippen molar-refractivity contribution in [2.75, 3.05) is 14.2 Å². The molecule has 0 heterocycles. The van der Waals surface area contributed by atoms with E-state index < -0.39 is 0 Å². The Morgan fingerprint density at radius 2 is 1.60 bits per heavy atom. The summed E-state index contributed by atoms with van der Waals surface area (Å²) >= 11 is 6.26. The van der Waals surface area contributed by atoms with Gasteiger partial charge in [0, 0.05) is 5.02 Å². The molecule has 20 heavy (non-hydrogen) atoms. The molecule has 0 radical (unpaired) electrons. The van der Waals surface area contributed by atoms with Gasteiger partial charge in [-0.15, -0.1) is 0 Å². The fraction of sp³-hybridized carbons (Fsp3) is 0.200. The van der Waals surface area contributed by atoms with E-state index >= 15 is 0 Å². The maximum atomic E-state index is 6.26. The molecule has 0 bridgehead atoms. The Hall–Kier alpha value is -1.75. The van der Waals surface area contributed by atoms with Crippen molar-refractivity contribution >= 4 is 11.6 Å². The number of halogens is 1. The largest absolute Gasteiger partial charge is 0.496 e. The van der Waals surface area contributed by atoms with Crippen LogP contribution in [0.3, 0.4) is 0 Å². The van der Waals surface area contributed by atoms with Crippen molar-refractivity contribution in [3.8, 4) is 11.5 Å². The third-order valence-corrected chi connectivity index (χ3v) is 3.48. The van der Waals surface area contributed by atoms with E-state index in [0.29, 0.717) is 16.5 Å². The van der Waals surface area contributed by atoms with E-state index in [1.165, 1.54) is 0 Å². The normalized spacial score (nSPS) is 12.0. The van der Waals surface area contributed by atoms with Gasteiger partial charge in [-0.1, -0.05) is 35.9 Å². The molecule has 0 amide bonds. The first kappa shape index (κ1) is 14.7. The fourth-order valence-corrected chi connectivity index (χ4v) is 2.45. The molecule has 2 rings (SSSR count). The van der Waals surface area contributed by atoms with E-state index in [0.717, 1.165) is 11.1 Å². The van der Waals surface area contributed by atoms with E-state index in [9.17, 15) is 0 Å². The number of hydrogen-bond donors (Lipinski definition) is 2. The molecule has 0 saturated carbocycles. The van der Waals surface area contributed by atoms with E-state index in [-0.39, 0.29) is 6.04 Å². The molecule has 2 aromatic carbocycles. The summed E-state index contributed by atoms with van der Waals surface area (Å²) in [5.74, 6) is 7.11. The van der Waals surface area contributed by atoms with Crippen LogP contribution in [0.25, 0.3) is 0 Å². The van der Waals surface area contributed by atoms with Crippen molar-refractivity contribution in [1.29, 1.82) is 0 Å². The third-order valence-electron chi connectivity index (χ3n) is 3.14. The van der Waals surface area contributed by atoms with Crippen molar-refractivity contribution < 1.29 is 9.47 Å². The highest BCUT2D eigenvalue weighted by atomic mass is 35.5. The summed E-state index contributed by atoms with van der Waals surface area (Å²) in [7, 11) is 3.22. The zero-order valence-electron chi connectivity index (χ0n) is 11.4. The van der Waals surface area contributed by atoms with Gasteiger partial charge in [-0.2, -0.15) is 0 Å². The van der Waals surface area contributed by atoms with Crippen LogP contribution in [-0.4, -0.2) is 14.2 Å². The highest BCUT2D eigenvalue weighted by Crippen LogP contribution is 2.38. The Kier molecular flexibility index (Phi) is 4.84. The molecule has 0 aromatic heterocycles. The maximum Gasteiger partial charge on any atom is 0.127 e. The van der Waals surface area contributed by atoms with Crippen molar-refractivity contribution in [3.05, 3.63) is 58.6 Å². The average Bonchev–Trinajstić information content (AvgIpc) is 2.49. The summed E-state index contributed by atoms with van der Waals surface area (Å²) < 4.78 is 10.8. The topological polar surface area (TPSA) is 56.5 Å². The van der Waals surface area contributed by atoms with E-state index in [2.05, 4.69) is 5.43 Å². The Morgan fingerprint density at radius 3 is 2.10 bits per heavy atom. The summed E-state index contributed by atoms with van der Waals surface area (Å²) in [4.78, 5) is 0. The molecular formula is C15H17ClN2O2. The minimum atomic E-state index is -0.324. The molecule has 0 aliphatic rings. The SMILES string of the molecule is COc1cccc(OC)c1C(NN)c1ccccc1Cl. The number of hydrogen-bond acceptors (Lipinski definition) is 4. The van der Waals surface area contributed by atoms with Crippen LogP contribution in [0, 0.1) is 0 Å². The van der Waals surface area contributed by atoms with Gasteiger partial charge in [-0.3, -0.25) is 5.84 Å². The second-order valence-corrected chi connectivity index (χ2v) is 4.60. The summed E-state index contributed by atoms with van der Waals surface area (Å²) in [6.45, 7) is 0. The lowest BCUT2D eigenvalue weighted by molar-refractivity contribution is 0.377. The van der Waals surface area contributed by atoms with E-state index in [4.69, 9.17) is 26.9 Å². The van der Waals surface area contributed by atoms with Crippen LogP contribution in [0.4, 0.5) is 0 Å². The molecule has 106 valence electrons. The minimum Gasteiger partial charge on any atom is -0.496 e. The van der Waals surface area contributed by atoms with Crippen LogP contribution in [0.1, 0.15) is 17.2 Å². The summed E-state index contributed by atoms with van der Waals surface area (Å²) in [5, 5.41) is 0.628. The summed E-state index contributed by atoms with van der Waals surface area (Å²) in [6, 6.07) is 12.8. The van der Waals surface area contributed by atoms with Crippen LogP contribution in [-0.2, 0) is 0 Å². The van der Waals surface area contributed by atoms with Crippen molar-refractivity contribution in [3.63, 3.8) is 0 Å². The number of ether oxygens (including phenoxy) is 2. The molecule has 0 aliphatic heterocycles. The number of nitrogens with two attached hydrogens (primary N) is 1. The average molecular weight is 293 g/mol. The Bertz CT molecular complexity index is 568. The van der Waals surface area contributed by atoms with Crippen LogP contribution in [0.2, 0.25) is 5.02 Å². The molecule has 0 saturated heterocycles. The van der Waals surface area contributed by atoms with Gasteiger partial charge in [-0.25, -0.2) is 5.43 Å². The molecule has 4 nitrogen and oxygen atoms in total. The molecular weight excluding hydrogens is 276 g/mol. The Balaban J connectivity index is 2.60. The molecule has 1 atom stereocenters. The number of rotatable bonds is 5. The zero-order valence-corrected chi connectivity index (χ0v) is 12.1. The van der Waals surface area contributed by atoms with Gasteiger partial charge in [0.05, 0.1) is 25.8 Å². The van der Waals surface area contributed by atoms with Gasteiger partial charge in [0.15, 0.2) is 0 Å². The predicted octanol–water partition coefficient (Wildman–Crippen LogP) is 2.91. The predicted molar refractivity (Wildman–Crippen MR) is 80.2 cm³/mol. The number of nitrogens with one attached hydrogen (secondary N) is 1. The van der Waals surface area contributed by atoms with Gasteiger partial charge in [0.2, 0.25) is 0 Å². The van der Waals surface area contributed by atoms with Crippen LogP contribution in [0.15, 0.2) is 42.5 Å². The van der Waals surface area contributed by atoms with Crippen molar-refractivity contribution in [2.24, 2.45) is 5.84 Å². The first-order valence-electron chi connectivity index (χ1n) is 6.14. The van der Waals surface area contributed by atoms with E-state index in [1.807, 2.05) is 42.5 Å². The molecule has 3 N–H and O–H groups in total. The highest BCUT2D eigenvalue weighted by Gasteiger charge is 2.23. The van der Waals surface area contributed by atoms with Gasteiger partial charge in [0.25, 0.3) is 0 Å². The summed E-state index contributed by atoms with van der Waals surface area (Å²) in [6.07, 6.45) is 0. The molecule has 0 spiro atoms. The van der Waals surface area contributed by atoms with E-state index in [1.54, 1.807) is 14.2 Å². The van der Waals surface area contributed by atoms with Gasteiger partial charge < -0.3 is 9.47 Å². The monoisotopic (exact) mass is 292 g/mol. The Morgan fingerprint density at radius 1 is 1.00 bits per heavy atom. The first-order chi connectivity index (χ1) is 9.72. The zero-order chi connectivity index (χ0) is 14.5. The van der Waals surface area contributed by atoms with Crippen LogP contribution >= 0.6 is 11.6 Å². The Labute approximate surface area is 123 Å². The van der Waals surface area contributed by atoms with Gasteiger partial charge in [0.1, 0.15) is 11.5 Å². The smallest absolute Gasteiger partial charge is 0.127 e. The van der Waals surface area contributed by atoms with Crippen molar-refractivity contribution in [2.45, 2.75) is 6.04 Å². The maximum absolute atomic E-state index is 6.26. The molecule has 5 heteroatoms. The molecule has 2 aromatic rings. The van der Waals surface area contributed by atoms with Crippen LogP contribution < -0.4 is 20.7 Å². The standard InChI is InChI=1S/C15H17ClN2O2/c1-19-12-8-5-9-13(20-2)14(12)15(18-17)10-6-3-4-7-11(10)16/h3-9,15,18H,17H2,1-2H3. The van der Waals surface area contributed by atoms with Crippen LogP contribution in [0.5, 0.6) is 11.5 Å². The number of benzene rings is 2. The number of hydrazine groups is 1.